The van der Waals surface area contributed by atoms with E-state index in [0.29, 0.717) is 11.0 Å². The van der Waals surface area contributed by atoms with Gasteiger partial charge in [-0.25, -0.2) is 4.39 Å². The lowest BCUT2D eigenvalue weighted by Gasteiger charge is -2.17. The Kier molecular flexibility index (Phi) is 2.26. The molecule has 2 aromatic rings. The number of rotatable bonds is 1. The Morgan fingerprint density at radius 3 is 3.16 bits per heavy atom. The van der Waals surface area contributed by atoms with Crippen molar-refractivity contribution in [1.29, 1.82) is 0 Å². The molecule has 0 bridgehead atoms. The van der Waals surface area contributed by atoms with Gasteiger partial charge in [0, 0.05) is 17.0 Å². The molecule has 0 atom stereocenters. The van der Waals surface area contributed by atoms with Gasteiger partial charge < -0.3 is 9.32 Å². The number of benzene rings is 1. The van der Waals surface area contributed by atoms with Crippen molar-refractivity contribution in [3.8, 4) is 0 Å². The SMILES string of the molecule is CC1=C(c2ccc(F)c3ccoc23)N2CCN=C2S1. The zero-order valence-corrected chi connectivity index (χ0v) is 11.1. The number of amidine groups is 1. The molecule has 0 saturated carbocycles. The fourth-order valence-corrected chi connectivity index (χ4v) is 3.69. The zero-order valence-electron chi connectivity index (χ0n) is 10.3. The third kappa shape index (κ3) is 1.48. The van der Waals surface area contributed by atoms with Crippen LogP contribution in [0, 0.1) is 5.82 Å². The van der Waals surface area contributed by atoms with Crippen LogP contribution in [0.4, 0.5) is 4.39 Å². The minimum atomic E-state index is -0.244. The Bertz CT molecular complexity index is 747. The maximum Gasteiger partial charge on any atom is 0.168 e. The van der Waals surface area contributed by atoms with Crippen LogP contribution >= 0.6 is 11.8 Å². The first-order chi connectivity index (χ1) is 9.25. The van der Waals surface area contributed by atoms with Gasteiger partial charge in [-0.15, -0.1) is 0 Å². The lowest BCUT2D eigenvalue weighted by Crippen LogP contribution is -2.20. The van der Waals surface area contributed by atoms with Crippen molar-refractivity contribution in [2.75, 3.05) is 13.1 Å². The summed E-state index contributed by atoms with van der Waals surface area (Å²) < 4.78 is 19.2. The summed E-state index contributed by atoms with van der Waals surface area (Å²) in [5.74, 6) is -0.244. The van der Waals surface area contributed by atoms with Crippen LogP contribution in [0.1, 0.15) is 12.5 Å². The number of hydrogen-bond acceptors (Lipinski definition) is 4. The second kappa shape index (κ2) is 3.87. The summed E-state index contributed by atoms with van der Waals surface area (Å²) in [5, 5.41) is 1.57. The Hall–Kier alpha value is -1.75. The van der Waals surface area contributed by atoms with Crippen LogP contribution in [-0.4, -0.2) is 23.2 Å². The largest absolute Gasteiger partial charge is 0.464 e. The molecule has 0 spiro atoms. The number of hydrogen-bond donors (Lipinski definition) is 0. The molecule has 3 heterocycles. The van der Waals surface area contributed by atoms with Crippen LogP contribution in [0.5, 0.6) is 0 Å². The highest BCUT2D eigenvalue weighted by Gasteiger charge is 2.32. The number of nitrogens with zero attached hydrogens (tertiary/aromatic N) is 2. The van der Waals surface area contributed by atoms with E-state index in [2.05, 4.69) is 16.8 Å². The maximum atomic E-state index is 13.7. The number of furan rings is 1. The molecule has 0 saturated heterocycles. The summed E-state index contributed by atoms with van der Waals surface area (Å²) in [6.45, 7) is 3.77. The third-order valence-corrected chi connectivity index (χ3v) is 4.50. The second-order valence-electron chi connectivity index (χ2n) is 4.58. The predicted molar refractivity (Wildman–Crippen MR) is 75.4 cm³/mol. The molecule has 1 aromatic heterocycles. The van der Waals surface area contributed by atoms with Crippen LogP contribution in [0.15, 0.2) is 38.8 Å². The van der Waals surface area contributed by atoms with E-state index in [1.165, 1.54) is 17.2 Å². The van der Waals surface area contributed by atoms with Crippen molar-refractivity contribution in [2.45, 2.75) is 6.92 Å². The molecule has 19 heavy (non-hydrogen) atoms. The van der Waals surface area contributed by atoms with E-state index in [1.807, 2.05) is 0 Å². The average molecular weight is 274 g/mol. The van der Waals surface area contributed by atoms with Crippen LogP contribution in [0.25, 0.3) is 16.7 Å². The van der Waals surface area contributed by atoms with Crippen LogP contribution in [0.3, 0.4) is 0 Å². The number of allylic oxidation sites excluding steroid dienone is 1. The number of fused-ring (bicyclic) bond motifs is 2. The minimum absolute atomic E-state index is 0.244. The van der Waals surface area contributed by atoms with Crippen LogP contribution in [-0.2, 0) is 0 Å². The summed E-state index contributed by atoms with van der Waals surface area (Å²) >= 11 is 1.67. The molecule has 3 nitrogen and oxygen atoms in total. The van der Waals surface area contributed by atoms with Gasteiger partial charge in [0.1, 0.15) is 11.4 Å². The Labute approximate surface area is 113 Å². The second-order valence-corrected chi connectivity index (χ2v) is 5.76. The third-order valence-electron chi connectivity index (χ3n) is 3.47. The van der Waals surface area contributed by atoms with E-state index >= 15 is 0 Å². The highest BCUT2D eigenvalue weighted by Crippen LogP contribution is 2.43. The summed E-state index contributed by atoms with van der Waals surface area (Å²) in [4.78, 5) is 7.84. The molecule has 0 radical (unpaired) electrons. The monoisotopic (exact) mass is 274 g/mol. The van der Waals surface area contributed by atoms with Gasteiger partial charge in [-0.2, -0.15) is 0 Å². The molecule has 96 valence electrons. The molecular weight excluding hydrogens is 263 g/mol. The Balaban J connectivity index is 1.96. The zero-order chi connectivity index (χ0) is 13.0. The first kappa shape index (κ1) is 11.1. The van der Waals surface area contributed by atoms with Gasteiger partial charge in [0.15, 0.2) is 5.17 Å². The molecule has 4 rings (SSSR count). The Morgan fingerprint density at radius 2 is 2.26 bits per heavy atom. The molecule has 2 aliphatic rings. The molecular formula is C14H11FN2OS. The van der Waals surface area contributed by atoms with E-state index in [9.17, 15) is 4.39 Å². The topological polar surface area (TPSA) is 28.7 Å². The highest BCUT2D eigenvalue weighted by atomic mass is 32.2. The summed E-state index contributed by atoms with van der Waals surface area (Å²) in [5.41, 5.74) is 2.66. The van der Waals surface area contributed by atoms with E-state index < -0.39 is 0 Å². The van der Waals surface area contributed by atoms with E-state index in [-0.39, 0.29) is 5.82 Å². The molecule has 0 N–H and O–H groups in total. The van der Waals surface area contributed by atoms with Gasteiger partial charge in [-0.1, -0.05) is 11.8 Å². The standard InChI is InChI=1S/C14H11FN2OS/c1-8-12(17-6-5-16-14(17)19-8)10-2-3-11(15)9-4-7-18-13(9)10/h2-4,7H,5-6H2,1H3. The first-order valence-electron chi connectivity index (χ1n) is 6.12. The van der Waals surface area contributed by atoms with Crippen molar-refractivity contribution < 1.29 is 8.81 Å². The smallest absolute Gasteiger partial charge is 0.168 e. The normalized spacial score (nSPS) is 18.4. The molecule has 0 amide bonds. The van der Waals surface area contributed by atoms with Crippen molar-refractivity contribution in [1.82, 2.24) is 4.90 Å². The lowest BCUT2D eigenvalue weighted by atomic mass is 10.1. The fraction of sp³-hybridized carbons (Fsp3) is 0.214. The average Bonchev–Trinajstić information content (AvgIpc) is 3.05. The van der Waals surface area contributed by atoms with Gasteiger partial charge in [0.25, 0.3) is 0 Å². The van der Waals surface area contributed by atoms with Crippen LogP contribution < -0.4 is 0 Å². The minimum Gasteiger partial charge on any atom is -0.464 e. The number of thioether (sulfide) groups is 1. The van der Waals surface area contributed by atoms with Crippen LogP contribution in [0.2, 0.25) is 0 Å². The van der Waals surface area contributed by atoms with Gasteiger partial charge >= 0.3 is 0 Å². The molecule has 2 aliphatic heterocycles. The molecule has 0 aliphatic carbocycles. The van der Waals surface area contributed by atoms with Gasteiger partial charge in [0.2, 0.25) is 0 Å². The highest BCUT2D eigenvalue weighted by molar-refractivity contribution is 8.17. The summed E-state index contributed by atoms with van der Waals surface area (Å²) in [6.07, 6.45) is 1.54. The first-order valence-corrected chi connectivity index (χ1v) is 6.94. The molecule has 1 aromatic carbocycles. The number of aliphatic imine (C=N–C) groups is 1. The lowest BCUT2D eigenvalue weighted by molar-refractivity contribution is 0.603. The van der Waals surface area contributed by atoms with Crippen molar-refractivity contribution in [2.24, 2.45) is 4.99 Å². The van der Waals surface area contributed by atoms with E-state index in [0.717, 1.165) is 29.5 Å². The van der Waals surface area contributed by atoms with Crippen molar-refractivity contribution in [3.63, 3.8) is 0 Å². The summed E-state index contributed by atoms with van der Waals surface area (Å²) in [6, 6.07) is 4.97. The van der Waals surface area contributed by atoms with E-state index in [4.69, 9.17) is 4.42 Å². The quantitative estimate of drug-likeness (QED) is 0.794. The molecule has 5 heteroatoms. The Morgan fingerprint density at radius 1 is 1.37 bits per heavy atom. The van der Waals surface area contributed by atoms with E-state index in [1.54, 1.807) is 23.9 Å². The van der Waals surface area contributed by atoms with Gasteiger partial charge in [-0.3, -0.25) is 4.99 Å². The predicted octanol–water partition coefficient (Wildman–Crippen LogP) is 3.68. The van der Waals surface area contributed by atoms with Gasteiger partial charge in [-0.05, 0) is 25.1 Å². The van der Waals surface area contributed by atoms with Crippen molar-refractivity contribution in [3.05, 3.63) is 40.7 Å². The van der Waals surface area contributed by atoms with Crippen molar-refractivity contribution >= 4 is 33.6 Å². The number of halogens is 1. The summed E-state index contributed by atoms with van der Waals surface area (Å²) in [7, 11) is 0. The molecule has 0 fully saturated rings. The molecule has 0 unspecified atom stereocenters. The van der Waals surface area contributed by atoms with Gasteiger partial charge in [0.05, 0.1) is 23.9 Å². The maximum absolute atomic E-state index is 13.7. The fourth-order valence-electron chi connectivity index (χ4n) is 2.65.